The minimum atomic E-state index is -1.06. The SMILES string of the molecule is COc1ccc(C(=O)O)cc1OCC1(C)CC(c2cccc(F)c2)=NO1. The molecule has 0 spiro atoms. The third kappa shape index (κ3) is 3.77. The number of oxime groups is 1. The van der Waals surface area contributed by atoms with Gasteiger partial charge in [0.15, 0.2) is 17.1 Å². The molecule has 7 heteroatoms. The molecule has 0 bridgehead atoms. The summed E-state index contributed by atoms with van der Waals surface area (Å²) >= 11 is 0. The predicted molar refractivity (Wildman–Crippen MR) is 92.5 cm³/mol. The van der Waals surface area contributed by atoms with Crippen LogP contribution in [0.1, 0.15) is 29.3 Å². The molecule has 1 atom stereocenters. The van der Waals surface area contributed by atoms with Gasteiger partial charge >= 0.3 is 5.97 Å². The predicted octanol–water partition coefficient (Wildman–Crippen LogP) is 3.49. The van der Waals surface area contributed by atoms with E-state index in [9.17, 15) is 9.18 Å². The Kier molecular flexibility index (Phi) is 4.79. The number of methoxy groups -OCH3 is 1. The highest BCUT2D eigenvalue weighted by atomic mass is 19.1. The highest BCUT2D eigenvalue weighted by Gasteiger charge is 2.36. The Bertz CT molecular complexity index is 867. The van der Waals surface area contributed by atoms with Gasteiger partial charge in [0.1, 0.15) is 12.4 Å². The second-order valence-electron chi connectivity index (χ2n) is 6.23. The quantitative estimate of drug-likeness (QED) is 0.854. The van der Waals surface area contributed by atoms with Crippen molar-refractivity contribution < 1.29 is 28.6 Å². The van der Waals surface area contributed by atoms with Crippen LogP contribution in [-0.2, 0) is 4.84 Å². The first kappa shape index (κ1) is 17.7. The third-order valence-electron chi connectivity index (χ3n) is 4.02. The van der Waals surface area contributed by atoms with E-state index in [1.165, 1.54) is 37.4 Å². The van der Waals surface area contributed by atoms with Gasteiger partial charge in [0.25, 0.3) is 0 Å². The topological polar surface area (TPSA) is 77.4 Å². The van der Waals surface area contributed by atoms with Gasteiger partial charge in [-0.3, -0.25) is 0 Å². The van der Waals surface area contributed by atoms with Crippen LogP contribution in [0, 0.1) is 5.82 Å². The summed E-state index contributed by atoms with van der Waals surface area (Å²) in [4.78, 5) is 16.6. The van der Waals surface area contributed by atoms with Crippen LogP contribution < -0.4 is 9.47 Å². The number of ether oxygens (including phenoxy) is 2. The zero-order valence-corrected chi connectivity index (χ0v) is 14.4. The number of halogens is 1. The van der Waals surface area contributed by atoms with E-state index in [0.29, 0.717) is 29.2 Å². The third-order valence-corrected chi connectivity index (χ3v) is 4.02. The van der Waals surface area contributed by atoms with E-state index in [1.54, 1.807) is 12.1 Å². The fourth-order valence-corrected chi connectivity index (χ4v) is 2.64. The summed E-state index contributed by atoms with van der Waals surface area (Å²) in [6, 6.07) is 10.5. The fourth-order valence-electron chi connectivity index (χ4n) is 2.64. The Labute approximate surface area is 149 Å². The van der Waals surface area contributed by atoms with Gasteiger partial charge in [-0.25, -0.2) is 9.18 Å². The van der Waals surface area contributed by atoms with Crippen LogP contribution >= 0.6 is 0 Å². The molecule has 0 radical (unpaired) electrons. The maximum atomic E-state index is 13.4. The van der Waals surface area contributed by atoms with Crippen LogP contribution in [0.15, 0.2) is 47.6 Å². The number of aromatic carboxylic acids is 1. The van der Waals surface area contributed by atoms with Crippen molar-refractivity contribution in [1.29, 1.82) is 0 Å². The summed E-state index contributed by atoms with van der Waals surface area (Å²) in [6.45, 7) is 1.94. The molecule has 6 nitrogen and oxygen atoms in total. The maximum Gasteiger partial charge on any atom is 0.335 e. The first-order chi connectivity index (χ1) is 12.4. The van der Waals surface area contributed by atoms with Gasteiger partial charge in [-0.05, 0) is 37.3 Å². The number of benzene rings is 2. The fraction of sp³-hybridized carbons (Fsp3) is 0.263. The Morgan fingerprint density at radius 2 is 2.12 bits per heavy atom. The lowest BCUT2D eigenvalue weighted by molar-refractivity contribution is -0.0361. The van der Waals surface area contributed by atoms with E-state index in [4.69, 9.17) is 19.4 Å². The molecule has 3 rings (SSSR count). The highest BCUT2D eigenvalue weighted by Crippen LogP contribution is 2.32. The van der Waals surface area contributed by atoms with E-state index < -0.39 is 11.6 Å². The lowest BCUT2D eigenvalue weighted by Crippen LogP contribution is -2.33. The molecule has 0 aromatic heterocycles. The summed E-state index contributed by atoms with van der Waals surface area (Å²) in [6.07, 6.45) is 0.428. The van der Waals surface area contributed by atoms with Crippen LogP contribution in [-0.4, -0.2) is 36.1 Å². The van der Waals surface area contributed by atoms with Crippen molar-refractivity contribution >= 4 is 11.7 Å². The second-order valence-corrected chi connectivity index (χ2v) is 6.23. The average Bonchev–Trinajstić information content (AvgIpc) is 3.02. The lowest BCUT2D eigenvalue weighted by Gasteiger charge is -2.22. The molecule has 2 aromatic carbocycles. The molecule has 1 N–H and O–H groups in total. The molecule has 136 valence electrons. The van der Waals surface area contributed by atoms with Crippen LogP contribution in [0.4, 0.5) is 4.39 Å². The monoisotopic (exact) mass is 359 g/mol. The van der Waals surface area contributed by atoms with Crippen molar-refractivity contribution in [2.75, 3.05) is 13.7 Å². The number of hydrogen-bond donors (Lipinski definition) is 1. The molecule has 1 unspecified atom stereocenters. The van der Waals surface area contributed by atoms with Gasteiger partial charge in [0, 0.05) is 12.0 Å². The smallest absolute Gasteiger partial charge is 0.335 e. The minimum Gasteiger partial charge on any atom is -0.493 e. The molecule has 1 aliphatic rings. The number of hydrogen-bond acceptors (Lipinski definition) is 5. The van der Waals surface area contributed by atoms with E-state index in [0.717, 1.165) is 0 Å². The van der Waals surface area contributed by atoms with Gasteiger partial charge in [0.05, 0.1) is 18.4 Å². The van der Waals surface area contributed by atoms with Gasteiger partial charge in [-0.2, -0.15) is 0 Å². The van der Waals surface area contributed by atoms with Gasteiger partial charge in [-0.15, -0.1) is 0 Å². The van der Waals surface area contributed by atoms with E-state index >= 15 is 0 Å². The molecule has 0 amide bonds. The molecule has 1 aliphatic heterocycles. The van der Waals surface area contributed by atoms with Crippen LogP contribution in [0.3, 0.4) is 0 Å². The molecular formula is C19H18FNO5. The van der Waals surface area contributed by atoms with Gasteiger partial charge in [-0.1, -0.05) is 17.3 Å². The Hall–Kier alpha value is -3.09. The number of carboxylic acid groups (broad SMARTS) is 1. The van der Waals surface area contributed by atoms with Crippen molar-refractivity contribution in [2.24, 2.45) is 5.16 Å². The molecule has 0 saturated heterocycles. The normalized spacial score (nSPS) is 18.8. The van der Waals surface area contributed by atoms with E-state index in [-0.39, 0.29) is 18.0 Å². The van der Waals surface area contributed by atoms with Crippen molar-refractivity contribution in [3.63, 3.8) is 0 Å². The number of carbonyl (C=O) groups is 1. The molecule has 26 heavy (non-hydrogen) atoms. The van der Waals surface area contributed by atoms with Crippen molar-refractivity contribution in [1.82, 2.24) is 0 Å². The maximum absolute atomic E-state index is 13.4. The average molecular weight is 359 g/mol. The summed E-state index contributed by atoms with van der Waals surface area (Å²) in [5.41, 5.74) is 0.613. The van der Waals surface area contributed by atoms with Crippen LogP contribution in [0.2, 0.25) is 0 Å². The van der Waals surface area contributed by atoms with Crippen LogP contribution in [0.25, 0.3) is 0 Å². The first-order valence-corrected chi connectivity index (χ1v) is 7.95. The summed E-state index contributed by atoms with van der Waals surface area (Å²) < 4.78 is 24.3. The number of rotatable bonds is 6. The summed E-state index contributed by atoms with van der Waals surface area (Å²) in [5.74, 6) is -0.679. The Morgan fingerprint density at radius 1 is 1.31 bits per heavy atom. The standard InChI is InChI=1S/C19H18FNO5/c1-19(10-15(21-26-19)12-4-3-5-14(20)8-12)11-25-17-9-13(18(22)23)6-7-16(17)24-2/h3-9H,10-11H2,1-2H3,(H,22,23). The first-order valence-electron chi connectivity index (χ1n) is 7.95. The Morgan fingerprint density at radius 3 is 2.81 bits per heavy atom. The number of nitrogens with zero attached hydrogens (tertiary/aromatic N) is 1. The molecule has 0 saturated carbocycles. The second kappa shape index (κ2) is 7.03. The molecular weight excluding hydrogens is 341 g/mol. The number of carboxylic acids is 1. The molecule has 0 fully saturated rings. The van der Waals surface area contributed by atoms with Crippen LogP contribution in [0.5, 0.6) is 11.5 Å². The molecule has 2 aromatic rings. The minimum absolute atomic E-state index is 0.0926. The highest BCUT2D eigenvalue weighted by molar-refractivity contribution is 6.01. The van der Waals surface area contributed by atoms with Gasteiger partial charge < -0.3 is 19.4 Å². The van der Waals surface area contributed by atoms with E-state index in [1.807, 2.05) is 6.92 Å². The largest absolute Gasteiger partial charge is 0.493 e. The van der Waals surface area contributed by atoms with Crippen molar-refractivity contribution in [3.05, 3.63) is 59.4 Å². The summed E-state index contributed by atoms with van der Waals surface area (Å²) in [7, 11) is 1.47. The van der Waals surface area contributed by atoms with Crippen molar-refractivity contribution in [3.8, 4) is 11.5 Å². The van der Waals surface area contributed by atoms with Gasteiger partial charge in [0.2, 0.25) is 0 Å². The lowest BCUT2D eigenvalue weighted by atomic mass is 9.96. The van der Waals surface area contributed by atoms with Crippen molar-refractivity contribution in [2.45, 2.75) is 18.9 Å². The Balaban J connectivity index is 1.71. The molecule has 1 heterocycles. The van der Waals surface area contributed by atoms with E-state index in [2.05, 4.69) is 5.16 Å². The summed E-state index contributed by atoms with van der Waals surface area (Å²) in [5, 5.41) is 13.2. The molecule has 0 aliphatic carbocycles. The zero-order valence-electron chi connectivity index (χ0n) is 14.4. The zero-order chi connectivity index (χ0) is 18.7.